The first-order valence-corrected chi connectivity index (χ1v) is 14.5. The van der Waals surface area contributed by atoms with Crippen LogP contribution < -0.4 is 14.4 Å². The van der Waals surface area contributed by atoms with E-state index in [1.165, 1.54) is 68.7 Å². The molecule has 0 atom stereocenters. The van der Waals surface area contributed by atoms with Crippen LogP contribution in [0.15, 0.2) is 82.6 Å². The molecule has 0 fully saturated rings. The van der Waals surface area contributed by atoms with Crippen LogP contribution in [-0.4, -0.2) is 60.8 Å². The quantitative estimate of drug-likeness (QED) is 0.344. The highest BCUT2D eigenvalue weighted by molar-refractivity contribution is 7.92. The number of rotatable bonds is 11. The number of hydrogen-bond donors (Lipinski definition) is 1. The third kappa shape index (κ3) is 7.14. The number of amides is 1. The van der Waals surface area contributed by atoms with Gasteiger partial charge in [0.25, 0.3) is 10.0 Å². The smallest absolute Gasteiger partial charge is 0.264 e. The fourth-order valence-corrected chi connectivity index (χ4v) is 5.77. The molecule has 1 N–H and O–H groups in total. The highest BCUT2D eigenvalue weighted by atomic mass is 35.5. The van der Waals surface area contributed by atoms with Gasteiger partial charge >= 0.3 is 0 Å². The summed E-state index contributed by atoms with van der Waals surface area (Å²) in [5.41, 5.74) is 0.178. The van der Waals surface area contributed by atoms with E-state index in [1.54, 1.807) is 18.2 Å². The van der Waals surface area contributed by atoms with Crippen molar-refractivity contribution in [1.29, 1.82) is 0 Å². The van der Waals surface area contributed by atoms with Gasteiger partial charge in [0.05, 0.1) is 32.1 Å². The van der Waals surface area contributed by atoms with Crippen LogP contribution >= 0.6 is 23.2 Å². The largest absolute Gasteiger partial charge is 0.492 e. The van der Waals surface area contributed by atoms with Gasteiger partial charge in [-0.25, -0.2) is 21.1 Å². The van der Waals surface area contributed by atoms with Gasteiger partial charge in [-0.2, -0.15) is 0 Å². The Hall–Kier alpha value is -2.83. The molecule has 13 heteroatoms. The summed E-state index contributed by atoms with van der Waals surface area (Å²) in [5, 5.41) is 3.01. The van der Waals surface area contributed by atoms with Crippen molar-refractivity contribution in [1.82, 2.24) is 9.62 Å². The first-order valence-electron chi connectivity index (χ1n) is 10.9. The lowest BCUT2D eigenvalue weighted by Crippen LogP contribution is -2.41. The first kappa shape index (κ1) is 28.7. The van der Waals surface area contributed by atoms with Crippen molar-refractivity contribution in [3.63, 3.8) is 0 Å². The van der Waals surface area contributed by atoms with Gasteiger partial charge in [0, 0.05) is 14.1 Å². The predicted octanol–water partition coefficient (Wildman–Crippen LogP) is 3.63. The lowest BCUT2D eigenvalue weighted by atomic mass is 10.3. The van der Waals surface area contributed by atoms with Crippen LogP contribution in [0.5, 0.6) is 5.75 Å². The van der Waals surface area contributed by atoms with Gasteiger partial charge in [0.2, 0.25) is 15.9 Å². The Bertz CT molecular complexity index is 1450. The molecule has 0 aromatic heterocycles. The summed E-state index contributed by atoms with van der Waals surface area (Å²) in [6, 6.07) is 17.9. The molecule has 0 saturated carbocycles. The normalized spacial score (nSPS) is 11.8. The molecule has 0 bridgehead atoms. The van der Waals surface area contributed by atoms with E-state index in [9.17, 15) is 21.6 Å². The fourth-order valence-electron chi connectivity index (χ4n) is 3.14. The summed E-state index contributed by atoms with van der Waals surface area (Å²) in [5.74, 6) is -0.155. The number of carbonyl (C=O) groups excluding carboxylic acids is 1. The monoisotopic (exact) mass is 585 g/mol. The van der Waals surface area contributed by atoms with E-state index >= 15 is 0 Å². The number of carbonyl (C=O) groups is 1. The maximum absolute atomic E-state index is 13.3. The third-order valence-electron chi connectivity index (χ3n) is 5.10. The second-order valence-corrected chi connectivity index (χ2v) is 12.7. The molecule has 3 aromatic carbocycles. The SMILES string of the molecule is CN(C)S(=O)(=O)c1ccc(OCCNC(=O)CN(c2ccc(Cl)c(Cl)c2)S(=O)(=O)c2ccccc2)cc1. The van der Waals surface area contributed by atoms with Crippen molar-refractivity contribution in [2.75, 3.05) is 38.1 Å². The molecule has 3 aromatic rings. The lowest BCUT2D eigenvalue weighted by Gasteiger charge is -2.24. The second kappa shape index (κ2) is 12.1. The molecule has 3 rings (SSSR count). The second-order valence-electron chi connectivity index (χ2n) is 7.88. The van der Waals surface area contributed by atoms with Gasteiger partial charge in [-0.1, -0.05) is 41.4 Å². The van der Waals surface area contributed by atoms with Crippen LogP contribution in [0.4, 0.5) is 5.69 Å². The molecule has 1 amide bonds. The van der Waals surface area contributed by atoms with Crippen LogP contribution in [0.1, 0.15) is 0 Å². The number of anilines is 1. The van der Waals surface area contributed by atoms with Crippen LogP contribution in [0, 0.1) is 0 Å². The number of sulfonamides is 2. The van der Waals surface area contributed by atoms with Crippen molar-refractivity contribution in [3.8, 4) is 5.75 Å². The lowest BCUT2D eigenvalue weighted by molar-refractivity contribution is -0.119. The highest BCUT2D eigenvalue weighted by Gasteiger charge is 2.27. The Labute approximate surface area is 226 Å². The van der Waals surface area contributed by atoms with Crippen LogP contribution in [0.25, 0.3) is 0 Å². The van der Waals surface area contributed by atoms with E-state index in [0.29, 0.717) is 5.75 Å². The van der Waals surface area contributed by atoms with Gasteiger partial charge in [0.1, 0.15) is 18.9 Å². The number of hydrogen-bond acceptors (Lipinski definition) is 6. The van der Waals surface area contributed by atoms with Crippen molar-refractivity contribution < 1.29 is 26.4 Å². The Morgan fingerprint density at radius 2 is 1.46 bits per heavy atom. The Balaban J connectivity index is 1.65. The molecule has 9 nitrogen and oxygen atoms in total. The maximum atomic E-state index is 13.3. The van der Waals surface area contributed by atoms with E-state index in [2.05, 4.69) is 5.32 Å². The van der Waals surface area contributed by atoms with E-state index in [4.69, 9.17) is 27.9 Å². The van der Waals surface area contributed by atoms with Gasteiger partial charge < -0.3 is 10.1 Å². The average Bonchev–Trinajstić information content (AvgIpc) is 2.87. The molecule has 0 spiro atoms. The van der Waals surface area contributed by atoms with Crippen molar-refractivity contribution in [2.24, 2.45) is 0 Å². The van der Waals surface area contributed by atoms with Crippen molar-refractivity contribution in [3.05, 3.63) is 82.8 Å². The van der Waals surface area contributed by atoms with E-state index in [1.807, 2.05) is 0 Å². The Morgan fingerprint density at radius 1 is 0.838 bits per heavy atom. The summed E-state index contributed by atoms with van der Waals surface area (Å²) >= 11 is 12.1. The van der Waals surface area contributed by atoms with Gasteiger partial charge in [-0.3, -0.25) is 9.10 Å². The van der Waals surface area contributed by atoms with Crippen LogP contribution in [-0.2, 0) is 24.8 Å². The van der Waals surface area contributed by atoms with Crippen LogP contribution in [0.2, 0.25) is 10.0 Å². The Kier molecular flexibility index (Phi) is 9.43. The minimum absolute atomic E-state index is 0.0110. The standard InChI is InChI=1S/C24H25Cl2N3O6S2/c1-28(2)36(31,32)21-11-9-19(10-12-21)35-15-14-27-24(30)17-29(18-8-13-22(25)23(26)16-18)37(33,34)20-6-4-3-5-7-20/h3-13,16H,14-15,17H2,1-2H3,(H,27,30). The zero-order valence-corrected chi connectivity index (χ0v) is 23.1. The van der Waals surface area contributed by atoms with E-state index in [0.717, 1.165) is 8.61 Å². The average molecular weight is 587 g/mol. The molecule has 0 aliphatic carbocycles. The van der Waals surface area contributed by atoms with Crippen molar-refractivity contribution >= 4 is 54.8 Å². The van der Waals surface area contributed by atoms with E-state index in [-0.39, 0.29) is 38.7 Å². The molecule has 0 heterocycles. The predicted molar refractivity (Wildman–Crippen MR) is 143 cm³/mol. The molecular formula is C24H25Cl2N3O6S2. The van der Waals surface area contributed by atoms with Gasteiger partial charge in [0.15, 0.2) is 0 Å². The van der Waals surface area contributed by atoms with Crippen LogP contribution in [0.3, 0.4) is 0 Å². The molecule has 0 aliphatic rings. The highest BCUT2D eigenvalue weighted by Crippen LogP contribution is 2.30. The number of ether oxygens (including phenoxy) is 1. The minimum Gasteiger partial charge on any atom is -0.492 e. The Morgan fingerprint density at radius 3 is 2.05 bits per heavy atom. The maximum Gasteiger partial charge on any atom is 0.264 e. The summed E-state index contributed by atoms with van der Waals surface area (Å²) in [4.78, 5) is 12.8. The number of benzene rings is 3. The third-order valence-corrected chi connectivity index (χ3v) is 9.46. The molecule has 198 valence electrons. The van der Waals surface area contributed by atoms with Crippen molar-refractivity contribution in [2.45, 2.75) is 9.79 Å². The zero-order chi connectivity index (χ0) is 27.2. The van der Waals surface area contributed by atoms with Gasteiger partial charge in [-0.05, 0) is 54.6 Å². The molecule has 0 saturated heterocycles. The molecule has 0 unspecified atom stereocenters. The first-order chi connectivity index (χ1) is 17.4. The summed E-state index contributed by atoms with van der Waals surface area (Å²) in [7, 11) is -4.76. The molecule has 37 heavy (non-hydrogen) atoms. The topological polar surface area (TPSA) is 113 Å². The number of nitrogens with one attached hydrogen (secondary N) is 1. The number of halogens is 2. The molecule has 0 radical (unpaired) electrons. The fraction of sp³-hybridized carbons (Fsp3) is 0.208. The van der Waals surface area contributed by atoms with Gasteiger partial charge in [-0.15, -0.1) is 0 Å². The molecule has 0 aliphatic heterocycles. The van der Waals surface area contributed by atoms with E-state index < -0.39 is 32.5 Å². The zero-order valence-electron chi connectivity index (χ0n) is 20.0. The molecular weight excluding hydrogens is 561 g/mol. The minimum atomic E-state index is -4.09. The summed E-state index contributed by atoms with van der Waals surface area (Å²) < 4.78 is 58.5. The summed E-state index contributed by atoms with van der Waals surface area (Å²) in [6.07, 6.45) is 0. The number of nitrogens with zero attached hydrogens (tertiary/aromatic N) is 2. The summed E-state index contributed by atoms with van der Waals surface area (Å²) in [6.45, 7) is -0.354.